The van der Waals surface area contributed by atoms with Gasteiger partial charge >= 0.3 is 11.9 Å². The first-order chi connectivity index (χ1) is 13.5. The topological polar surface area (TPSA) is 74.6 Å². The Bertz CT molecular complexity index is 661. The molecular weight excluding hydrogens is 364 g/mol. The quantitative estimate of drug-likeness (QED) is 0.379. The van der Waals surface area contributed by atoms with Crippen molar-refractivity contribution in [3.05, 3.63) is 34.9 Å². The summed E-state index contributed by atoms with van der Waals surface area (Å²) < 4.78 is 0. The molecule has 2 N–H and O–H groups in total. The minimum Gasteiger partial charge on any atom is -0.481 e. The van der Waals surface area contributed by atoms with Gasteiger partial charge in [0.05, 0.1) is 11.8 Å². The van der Waals surface area contributed by atoms with Crippen molar-refractivity contribution in [2.45, 2.75) is 97.8 Å². The van der Waals surface area contributed by atoms with E-state index in [0.29, 0.717) is 35.8 Å². The highest BCUT2D eigenvalue weighted by atomic mass is 16.4. The average molecular weight is 405 g/mol. The molecule has 1 rings (SSSR count). The summed E-state index contributed by atoms with van der Waals surface area (Å²) in [6.07, 6.45) is 4.68. The molecule has 1 aromatic carbocycles. The fraction of sp³-hybridized carbons (Fsp3) is 0.680. The molecule has 0 radical (unpaired) electrons. The number of hydrogen-bond donors (Lipinski definition) is 2. The Kier molecular flexibility index (Phi) is 10.4. The van der Waals surface area contributed by atoms with Gasteiger partial charge in [-0.1, -0.05) is 85.4 Å². The third-order valence-corrected chi connectivity index (χ3v) is 5.67. The third-order valence-electron chi connectivity index (χ3n) is 5.67. The van der Waals surface area contributed by atoms with Gasteiger partial charge in [0.2, 0.25) is 0 Å². The van der Waals surface area contributed by atoms with Gasteiger partial charge in [0.15, 0.2) is 0 Å². The van der Waals surface area contributed by atoms with Crippen molar-refractivity contribution in [3.8, 4) is 0 Å². The summed E-state index contributed by atoms with van der Waals surface area (Å²) in [4.78, 5) is 24.3. The van der Waals surface area contributed by atoms with E-state index in [1.54, 1.807) is 0 Å². The van der Waals surface area contributed by atoms with E-state index in [1.165, 1.54) is 0 Å². The standard InChI is InChI=1S/C25H40O4/c1-16(2)9-7-11-21(24(26)27)20-14-13-19(18(5)6)15-23(20)22(25(28)29)12-8-10-17(3)4/h13-18,21-22H,7-12H2,1-6H3,(H,26,27)(H,28,29). The van der Waals surface area contributed by atoms with Gasteiger partial charge in [-0.3, -0.25) is 9.59 Å². The van der Waals surface area contributed by atoms with Gasteiger partial charge in [-0.15, -0.1) is 0 Å². The molecule has 164 valence electrons. The summed E-state index contributed by atoms with van der Waals surface area (Å²) in [6, 6.07) is 5.79. The lowest BCUT2D eigenvalue weighted by Gasteiger charge is -2.23. The first-order valence-corrected chi connectivity index (χ1v) is 11.1. The molecule has 0 bridgehead atoms. The lowest BCUT2D eigenvalue weighted by Crippen LogP contribution is -2.20. The van der Waals surface area contributed by atoms with Crippen LogP contribution in [0.5, 0.6) is 0 Å². The van der Waals surface area contributed by atoms with Crippen molar-refractivity contribution in [2.24, 2.45) is 11.8 Å². The second-order valence-corrected chi connectivity index (χ2v) is 9.47. The SMILES string of the molecule is CC(C)CCCC(C(=O)O)c1ccc(C(C)C)cc1C(CCCC(C)C)C(=O)O. The molecule has 0 aliphatic rings. The summed E-state index contributed by atoms with van der Waals surface area (Å²) in [5.41, 5.74) is 2.44. The number of carboxylic acid groups (broad SMARTS) is 2. The zero-order valence-electron chi connectivity index (χ0n) is 19.1. The van der Waals surface area contributed by atoms with Gasteiger partial charge in [0.1, 0.15) is 0 Å². The molecule has 2 atom stereocenters. The molecule has 0 amide bonds. The van der Waals surface area contributed by atoms with Crippen LogP contribution in [0.1, 0.15) is 115 Å². The van der Waals surface area contributed by atoms with E-state index in [4.69, 9.17) is 0 Å². The molecule has 4 nitrogen and oxygen atoms in total. The van der Waals surface area contributed by atoms with Crippen LogP contribution in [0.3, 0.4) is 0 Å². The van der Waals surface area contributed by atoms with E-state index < -0.39 is 23.8 Å². The molecule has 4 heteroatoms. The van der Waals surface area contributed by atoms with E-state index >= 15 is 0 Å². The second kappa shape index (κ2) is 12.0. The van der Waals surface area contributed by atoms with Gasteiger partial charge < -0.3 is 10.2 Å². The molecule has 29 heavy (non-hydrogen) atoms. The Balaban J connectivity index is 3.32. The van der Waals surface area contributed by atoms with Crippen LogP contribution in [0.25, 0.3) is 0 Å². The minimum absolute atomic E-state index is 0.261. The third kappa shape index (κ3) is 8.20. The van der Waals surface area contributed by atoms with Crippen LogP contribution in [0, 0.1) is 11.8 Å². The molecule has 0 aromatic heterocycles. The zero-order chi connectivity index (χ0) is 22.1. The van der Waals surface area contributed by atoms with Crippen LogP contribution < -0.4 is 0 Å². The summed E-state index contributed by atoms with van der Waals surface area (Å²) in [6.45, 7) is 12.7. The van der Waals surface area contributed by atoms with Crippen LogP contribution in [0.2, 0.25) is 0 Å². The predicted molar refractivity (Wildman–Crippen MR) is 119 cm³/mol. The molecule has 0 heterocycles. The van der Waals surface area contributed by atoms with Crippen LogP contribution in [-0.2, 0) is 9.59 Å². The van der Waals surface area contributed by atoms with Crippen LogP contribution in [-0.4, -0.2) is 22.2 Å². The Labute approximate surface area is 176 Å². The number of hydrogen-bond acceptors (Lipinski definition) is 2. The smallest absolute Gasteiger partial charge is 0.310 e. The van der Waals surface area contributed by atoms with Gasteiger partial charge in [0.25, 0.3) is 0 Å². The first-order valence-electron chi connectivity index (χ1n) is 11.1. The molecule has 0 fully saturated rings. The van der Waals surface area contributed by atoms with Gasteiger partial charge in [0, 0.05) is 0 Å². The Hall–Kier alpha value is -1.84. The van der Waals surface area contributed by atoms with E-state index in [2.05, 4.69) is 41.5 Å². The highest BCUT2D eigenvalue weighted by Crippen LogP contribution is 2.35. The Morgan fingerprint density at radius 3 is 1.55 bits per heavy atom. The van der Waals surface area contributed by atoms with E-state index in [0.717, 1.165) is 31.2 Å². The molecule has 0 spiro atoms. The zero-order valence-corrected chi connectivity index (χ0v) is 19.1. The van der Waals surface area contributed by atoms with E-state index in [1.807, 2.05) is 18.2 Å². The highest BCUT2D eigenvalue weighted by molar-refractivity contribution is 5.80. The maximum atomic E-state index is 12.2. The van der Waals surface area contributed by atoms with E-state index in [9.17, 15) is 19.8 Å². The van der Waals surface area contributed by atoms with E-state index in [-0.39, 0.29) is 5.92 Å². The maximum Gasteiger partial charge on any atom is 0.310 e. The summed E-state index contributed by atoms with van der Waals surface area (Å²) in [5.74, 6) is -1.73. The Morgan fingerprint density at radius 2 is 1.17 bits per heavy atom. The van der Waals surface area contributed by atoms with Gasteiger partial charge in [-0.05, 0) is 47.3 Å². The second-order valence-electron chi connectivity index (χ2n) is 9.47. The summed E-state index contributed by atoms with van der Waals surface area (Å²) in [7, 11) is 0. The molecule has 0 aliphatic heterocycles. The molecule has 0 saturated heterocycles. The van der Waals surface area contributed by atoms with Gasteiger partial charge in [-0.2, -0.15) is 0 Å². The molecular formula is C25H40O4. The maximum absolute atomic E-state index is 12.2. The normalized spacial score (nSPS) is 13.8. The minimum atomic E-state index is -0.862. The van der Waals surface area contributed by atoms with Crippen LogP contribution in [0.4, 0.5) is 0 Å². The first kappa shape index (κ1) is 25.2. The van der Waals surface area contributed by atoms with Crippen molar-refractivity contribution in [3.63, 3.8) is 0 Å². The van der Waals surface area contributed by atoms with Crippen molar-refractivity contribution < 1.29 is 19.8 Å². The molecule has 0 saturated carbocycles. The lowest BCUT2D eigenvalue weighted by atomic mass is 9.80. The fourth-order valence-corrected chi connectivity index (χ4v) is 3.86. The lowest BCUT2D eigenvalue weighted by molar-refractivity contribution is -0.140. The predicted octanol–water partition coefficient (Wildman–Crippen LogP) is 6.80. The molecule has 0 aliphatic carbocycles. The molecule has 1 aromatic rings. The number of rotatable bonds is 13. The summed E-state index contributed by atoms with van der Waals surface area (Å²) in [5, 5.41) is 19.9. The highest BCUT2D eigenvalue weighted by Gasteiger charge is 2.29. The van der Waals surface area contributed by atoms with Crippen LogP contribution >= 0.6 is 0 Å². The van der Waals surface area contributed by atoms with Crippen LogP contribution in [0.15, 0.2) is 18.2 Å². The largest absolute Gasteiger partial charge is 0.481 e. The van der Waals surface area contributed by atoms with Crippen molar-refractivity contribution in [2.75, 3.05) is 0 Å². The number of benzene rings is 1. The monoisotopic (exact) mass is 404 g/mol. The average Bonchev–Trinajstić information content (AvgIpc) is 2.61. The summed E-state index contributed by atoms with van der Waals surface area (Å²) >= 11 is 0. The number of carbonyl (C=O) groups is 2. The number of carboxylic acids is 2. The van der Waals surface area contributed by atoms with Crippen molar-refractivity contribution >= 4 is 11.9 Å². The molecule has 2 unspecified atom stereocenters. The van der Waals surface area contributed by atoms with Gasteiger partial charge in [-0.25, -0.2) is 0 Å². The Morgan fingerprint density at radius 1 is 0.724 bits per heavy atom. The van der Waals surface area contributed by atoms with Crippen molar-refractivity contribution in [1.29, 1.82) is 0 Å². The fourth-order valence-electron chi connectivity index (χ4n) is 3.86. The van der Waals surface area contributed by atoms with Crippen molar-refractivity contribution in [1.82, 2.24) is 0 Å². The number of aliphatic carboxylic acids is 2.